The number of nitrogens with two attached hydrogens (primary N) is 1. The quantitative estimate of drug-likeness (QED) is 0.589. The van der Waals surface area contributed by atoms with Crippen LogP contribution >= 0.6 is 11.8 Å². The molecule has 2 aromatic rings. The molecule has 3 rings (SSSR count). The van der Waals surface area contributed by atoms with E-state index in [1.807, 2.05) is 0 Å². The lowest BCUT2D eigenvalue weighted by molar-refractivity contribution is -0.115. The second-order valence-corrected chi connectivity index (χ2v) is 8.35. The van der Waals surface area contributed by atoms with Crippen LogP contribution in [0, 0.1) is 5.41 Å². The molecule has 0 spiro atoms. The fourth-order valence-corrected chi connectivity index (χ4v) is 3.59. The van der Waals surface area contributed by atoms with Gasteiger partial charge in [-0.15, -0.1) is 0 Å². The van der Waals surface area contributed by atoms with Crippen LogP contribution in [-0.2, 0) is 14.8 Å². The zero-order valence-electron chi connectivity index (χ0n) is 13.6. The van der Waals surface area contributed by atoms with Crippen molar-refractivity contribution in [1.82, 2.24) is 10.3 Å². The zero-order chi connectivity index (χ0) is 18.9. The van der Waals surface area contributed by atoms with Crippen molar-refractivity contribution in [3.05, 3.63) is 47.0 Å². The lowest BCUT2D eigenvalue weighted by atomic mass is 10.0. The van der Waals surface area contributed by atoms with Crippen molar-refractivity contribution in [2.24, 2.45) is 0 Å². The molecule has 10 heteroatoms. The highest BCUT2D eigenvalue weighted by atomic mass is 32.2. The van der Waals surface area contributed by atoms with Gasteiger partial charge in [0.15, 0.2) is 5.17 Å². The van der Waals surface area contributed by atoms with Crippen molar-refractivity contribution in [2.75, 3.05) is 16.7 Å². The predicted molar refractivity (Wildman–Crippen MR) is 104 cm³/mol. The molecule has 0 saturated carbocycles. The van der Waals surface area contributed by atoms with E-state index < -0.39 is 10.0 Å². The standard InChI is InChI=1S/C16H15N5O3S2/c1-26(23,24)21-11-4-2-10(3-5-11)12-6-9(8-19-14(12)17)7-13-15(22)20-16(18)25-13/h2-8,21H,1H3,(H2,17,19)(H2,18,20,22)/b13-7-. The van der Waals surface area contributed by atoms with Crippen molar-refractivity contribution in [1.29, 1.82) is 5.41 Å². The summed E-state index contributed by atoms with van der Waals surface area (Å²) in [6.45, 7) is 0. The first kappa shape index (κ1) is 18.0. The summed E-state index contributed by atoms with van der Waals surface area (Å²) < 4.78 is 24.9. The molecule has 0 bridgehead atoms. The van der Waals surface area contributed by atoms with Crippen LogP contribution in [0.3, 0.4) is 0 Å². The number of aromatic nitrogens is 1. The van der Waals surface area contributed by atoms with Crippen LogP contribution in [0.5, 0.6) is 0 Å². The summed E-state index contributed by atoms with van der Waals surface area (Å²) in [6, 6.07) is 8.49. The molecule has 0 unspecified atom stereocenters. The molecular weight excluding hydrogens is 374 g/mol. The summed E-state index contributed by atoms with van der Waals surface area (Å²) >= 11 is 1.04. The number of carbonyl (C=O) groups excluding carboxylic acids is 1. The summed E-state index contributed by atoms with van der Waals surface area (Å²) in [5.74, 6) is -0.0122. The molecule has 26 heavy (non-hydrogen) atoms. The second kappa shape index (κ2) is 6.81. The van der Waals surface area contributed by atoms with Crippen molar-refractivity contribution in [2.45, 2.75) is 0 Å². The van der Waals surface area contributed by atoms with E-state index in [-0.39, 0.29) is 11.1 Å². The number of nitrogens with one attached hydrogen (secondary N) is 3. The van der Waals surface area contributed by atoms with Gasteiger partial charge in [-0.3, -0.25) is 14.9 Å². The Morgan fingerprint density at radius 1 is 1.31 bits per heavy atom. The number of nitrogen functional groups attached to an aromatic ring is 1. The van der Waals surface area contributed by atoms with Crippen molar-refractivity contribution >= 4 is 50.4 Å². The van der Waals surface area contributed by atoms with E-state index in [1.165, 1.54) is 0 Å². The first-order valence-electron chi connectivity index (χ1n) is 7.34. The predicted octanol–water partition coefficient (Wildman–Crippen LogP) is 1.84. The van der Waals surface area contributed by atoms with Gasteiger partial charge in [0.25, 0.3) is 5.91 Å². The van der Waals surface area contributed by atoms with E-state index in [1.54, 1.807) is 42.6 Å². The van der Waals surface area contributed by atoms with Crippen molar-refractivity contribution < 1.29 is 13.2 Å². The molecule has 1 fully saturated rings. The van der Waals surface area contributed by atoms with Gasteiger partial charge in [-0.25, -0.2) is 13.4 Å². The first-order chi connectivity index (χ1) is 12.2. The molecule has 8 nitrogen and oxygen atoms in total. The molecule has 1 amide bonds. The third kappa shape index (κ3) is 4.21. The Morgan fingerprint density at radius 2 is 2.00 bits per heavy atom. The van der Waals surface area contributed by atoms with Crippen molar-refractivity contribution in [3.63, 3.8) is 0 Å². The largest absolute Gasteiger partial charge is 0.383 e. The Hall–Kier alpha value is -2.85. The Kier molecular flexibility index (Phi) is 4.70. The van der Waals surface area contributed by atoms with Crippen LogP contribution in [-0.4, -0.2) is 30.7 Å². The summed E-state index contributed by atoms with van der Waals surface area (Å²) in [6.07, 6.45) is 4.26. The molecule has 1 aliphatic rings. The number of amidine groups is 1. The molecule has 5 N–H and O–H groups in total. The fraction of sp³-hybridized carbons (Fsp3) is 0.0625. The number of anilines is 2. The summed E-state index contributed by atoms with van der Waals surface area (Å²) in [4.78, 5) is 16.3. The number of benzene rings is 1. The van der Waals surface area contributed by atoms with E-state index in [0.29, 0.717) is 27.5 Å². The minimum Gasteiger partial charge on any atom is -0.383 e. The summed E-state index contributed by atoms with van der Waals surface area (Å²) in [5, 5.41) is 9.96. The van der Waals surface area contributed by atoms with Crippen LogP contribution in [0.4, 0.5) is 11.5 Å². The Morgan fingerprint density at radius 3 is 2.58 bits per heavy atom. The van der Waals surface area contributed by atoms with Crippen LogP contribution in [0.25, 0.3) is 17.2 Å². The average Bonchev–Trinajstić information content (AvgIpc) is 2.86. The number of pyridine rings is 1. The number of nitrogens with zero attached hydrogens (tertiary/aromatic N) is 1. The highest BCUT2D eigenvalue weighted by Gasteiger charge is 2.22. The molecule has 2 heterocycles. The molecule has 0 atom stereocenters. The molecule has 1 aromatic heterocycles. The van der Waals surface area contributed by atoms with Crippen molar-refractivity contribution in [3.8, 4) is 11.1 Å². The molecule has 1 aromatic carbocycles. The zero-order valence-corrected chi connectivity index (χ0v) is 15.2. The third-order valence-corrected chi connectivity index (χ3v) is 4.84. The number of hydrogen-bond donors (Lipinski definition) is 4. The minimum atomic E-state index is -3.34. The highest BCUT2D eigenvalue weighted by Crippen LogP contribution is 2.29. The fourth-order valence-electron chi connectivity index (χ4n) is 2.33. The summed E-state index contributed by atoms with van der Waals surface area (Å²) in [7, 11) is -3.34. The molecule has 134 valence electrons. The van der Waals surface area contributed by atoms with Gasteiger partial charge in [-0.1, -0.05) is 12.1 Å². The van der Waals surface area contributed by atoms with E-state index in [2.05, 4.69) is 15.0 Å². The van der Waals surface area contributed by atoms with Gasteiger partial charge in [-0.2, -0.15) is 0 Å². The van der Waals surface area contributed by atoms with Gasteiger partial charge >= 0.3 is 0 Å². The Bertz CT molecular complexity index is 1030. The molecule has 0 aliphatic carbocycles. The summed E-state index contributed by atoms with van der Waals surface area (Å²) in [5.41, 5.74) is 8.48. The molecule has 1 aliphatic heterocycles. The van der Waals surface area contributed by atoms with Gasteiger partial charge in [-0.05, 0) is 47.2 Å². The van der Waals surface area contributed by atoms with Gasteiger partial charge in [0.05, 0.1) is 11.2 Å². The van der Waals surface area contributed by atoms with Crippen LogP contribution in [0.1, 0.15) is 5.56 Å². The van der Waals surface area contributed by atoms with Crippen LogP contribution in [0.15, 0.2) is 41.4 Å². The first-order valence-corrected chi connectivity index (χ1v) is 10.1. The monoisotopic (exact) mass is 389 g/mol. The van der Waals surface area contributed by atoms with Gasteiger partial charge in [0.2, 0.25) is 10.0 Å². The van der Waals surface area contributed by atoms with Crippen LogP contribution in [0.2, 0.25) is 0 Å². The van der Waals surface area contributed by atoms with Gasteiger partial charge < -0.3 is 11.1 Å². The lowest BCUT2D eigenvalue weighted by Gasteiger charge is -2.08. The van der Waals surface area contributed by atoms with E-state index >= 15 is 0 Å². The number of rotatable bonds is 4. The molecule has 0 radical (unpaired) electrons. The van der Waals surface area contributed by atoms with Gasteiger partial charge in [0.1, 0.15) is 5.82 Å². The highest BCUT2D eigenvalue weighted by molar-refractivity contribution is 8.18. The number of thioether (sulfide) groups is 1. The lowest BCUT2D eigenvalue weighted by Crippen LogP contribution is -2.18. The third-order valence-electron chi connectivity index (χ3n) is 3.40. The minimum absolute atomic E-state index is 0.0823. The van der Waals surface area contributed by atoms with E-state index in [0.717, 1.165) is 23.6 Å². The normalized spacial score (nSPS) is 16.0. The van der Waals surface area contributed by atoms with Gasteiger partial charge in [0, 0.05) is 17.4 Å². The number of sulfonamides is 1. The maximum absolute atomic E-state index is 11.7. The Balaban J connectivity index is 1.92. The second-order valence-electron chi connectivity index (χ2n) is 5.55. The molecular formula is C16H15N5O3S2. The number of carbonyl (C=O) groups is 1. The van der Waals surface area contributed by atoms with Crippen LogP contribution < -0.4 is 15.8 Å². The van der Waals surface area contributed by atoms with E-state index in [9.17, 15) is 13.2 Å². The van der Waals surface area contributed by atoms with E-state index in [4.69, 9.17) is 11.1 Å². The topological polar surface area (TPSA) is 138 Å². The smallest absolute Gasteiger partial charge is 0.264 e. The maximum atomic E-state index is 11.7. The number of hydrogen-bond acceptors (Lipinski definition) is 7. The Labute approximate surface area is 154 Å². The average molecular weight is 389 g/mol. The molecule has 1 saturated heterocycles. The number of amides is 1. The maximum Gasteiger partial charge on any atom is 0.264 e. The SMILES string of the molecule is CS(=O)(=O)Nc1ccc(-c2cc(/C=C3\SC(=N)NC3=O)cnc2N)cc1.